The molecule has 2 bridgehead atoms. The topological polar surface area (TPSA) is 206 Å². The van der Waals surface area contributed by atoms with Crippen molar-refractivity contribution in [1.29, 1.82) is 0 Å². The van der Waals surface area contributed by atoms with Gasteiger partial charge in [-0.1, -0.05) is 72.8 Å². The van der Waals surface area contributed by atoms with Crippen molar-refractivity contribution >= 4 is 35.7 Å². The Labute approximate surface area is 419 Å². The molecule has 4 unspecified atom stereocenters. The van der Waals surface area contributed by atoms with Gasteiger partial charge in [0, 0.05) is 41.9 Å². The molecule has 0 saturated carbocycles. The number of nitrogens with zero attached hydrogens (tertiary/aromatic N) is 5. The summed E-state index contributed by atoms with van der Waals surface area (Å²) in [4.78, 5) is 81.0. The van der Waals surface area contributed by atoms with Gasteiger partial charge in [0.1, 0.15) is 12.2 Å². The van der Waals surface area contributed by atoms with E-state index in [-0.39, 0.29) is 52.6 Å². The van der Waals surface area contributed by atoms with E-state index in [2.05, 4.69) is 15.1 Å². The molecule has 11 rings (SSSR count). The third-order valence-electron chi connectivity index (χ3n) is 14.1. The van der Waals surface area contributed by atoms with Gasteiger partial charge in [0.2, 0.25) is 6.29 Å². The number of ether oxygens (including phenoxy) is 8. The highest BCUT2D eigenvalue weighted by Gasteiger charge is 2.67. The van der Waals surface area contributed by atoms with Crippen LogP contribution in [0.15, 0.2) is 134 Å². The highest BCUT2D eigenvalue weighted by atomic mass is 16.7. The lowest BCUT2D eigenvalue weighted by Crippen LogP contribution is -2.67. The lowest BCUT2D eigenvalue weighted by atomic mass is 9.53. The van der Waals surface area contributed by atoms with Crippen LogP contribution < -0.4 is 9.47 Å². The number of benzene rings is 4. The molecule has 73 heavy (non-hydrogen) atoms. The fourth-order valence-corrected chi connectivity index (χ4v) is 10.7. The number of likely N-dealkylation sites (tertiary alicyclic amines) is 1. The number of carbonyl (C=O) groups excluding carboxylic acids is 5. The number of aromatic nitrogens is 4. The Morgan fingerprint density at radius 1 is 0.767 bits per heavy atom. The van der Waals surface area contributed by atoms with Gasteiger partial charge in [-0.3, -0.25) is 4.79 Å². The second kappa shape index (κ2) is 18.9. The van der Waals surface area contributed by atoms with E-state index in [0.717, 1.165) is 11.1 Å². The fraction of sp³-hybridized carbons (Fsp3) is 0.345. The third-order valence-corrected chi connectivity index (χ3v) is 14.1. The van der Waals surface area contributed by atoms with E-state index < -0.39 is 83.7 Å². The van der Waals surface area contributed by atoms with Crippen LogP contribution in [-0.2, 0) is 45.1 Å². The van der Waals surface area contributed by atoms with Crippen LogP contribution >= 0.6 is 0 Å². The van der Waals surface area contributed by atoms with Gasteiger partial charge in [0.05, 0.1) is 28.7 Å². The maximum absolute atomic E-state index is 14.4. The quantitative estimate of drug-likeness (QED) is 0.0544. The Balaban J connectivity index is 1.05. The second-order valence-electron chi connectivity index (χ2n) is 19.5. The molecule has 4 aromatic carbocycles. The number of hydrogen-bond acceptors (Lipinski definition) is 16. The lowest BCUT2D eigenvalue weighted by Gasteiger charge is -2.57. The van der Waals surface area contributed by atoms with E-state index >= 15 is 0 Å². The summed E-state index contributed by atoms with van der Waals surface area (Å²) < 4.78 is 53.4. The van der Waals surface area contributed by atoms with Crippen molar-refractivity contribution < 1.29 is 61.9 Å². The summed E-state index contributed by atoms with van der Waals surface area (Å²) >= 11 is 0. The number of piperidine rings is 1. The molecular formula is C55H51N5O13. The molecule has 2 fully saturated rings. The van der Waals surface area contributed by atoms with Crippen LogP contribution in [0.2, 0.25) is 0 Å². The Hall–Kier alpha value is -7.96. The molecule has 18 heteroatoms. The number of fused-ring (bicyclic) bond motifs is 1. The Morgan fingerprint density at radius 3 is 2.01 bits per heavy atom. The Kier molecular flexibility index (Phi) is 12.3. The lowest BCUT2D eigenvalue weighted by molar-refractivity contribution is -0.311. The van der Waals surface area contributed by atoms with E-state index in [1.54, 1.807) is 142 Å². The molecule has 2 saturated heterocycles. The maximum atomic E-state index is 14.4. The molecule has 2 aromatic heterocycles. The van der Waals surface area contributed by atoms with Crippen molar-refractivity contribution in [3.8, 4) is 11.5 Å². The zero-order valence-electron chi connectivity index (χ0n) is 40.3. The molecule has 10 atom stereocenters. The minimum Gasteiger partial charge on any atom is -0.482 e. The average Bonchev–Trinajstić information content (AvgIpc) is 4.01. The van der Waals surface area contributed by atoms with Crippen LogP contribution in [0.5, 0.6) is 11.5 Å². The molecule has 5 heterocycles. The van der Waals surface area contributed by atoms with Gasteiger partial charge in [-0.2, -0.15) is 4.98 Å². The van der Waals surface area contributed by atoms with Crippen molar-refractivity contribution in [1.82, 2.24) is 24.5 Å². The van der Waals surface area contributed by atoms with Gasteiger partial charge in [0.15, 0.2) is 41.7 Å². The molecule has 3 aliphatic heterocycles. The molecule has 0 radical (unpaired) electrons. The van der Waals surface area contributed by atoms with Gasteiger partial charge in [-0.05, 0) is 94.6 Å². The highest BCUT2D eigenvalue weighted by molar-refractivity contribution is 5.91. The SMILES string of the molecule is CCOC(=O)N1CC[C@]23c4c5ccc(OC(=O)C(C)(C)C)c4O[C@H]2C(O[C@@H]2OC(c4nc6ncccn6n4)[C@@H](OC(=O)c4ccccc4)C(OC(=O)c4ccccc4)[C@@H]2OC(=O)c2ccccc2)C=CC3[C@H]1C5. The summed E-state index contributed by atoms with van der Waals surface area (Å²) in [5.41, 5.74) is 0.520. The van der Waals surface area contributed by atoms with Crippen LogP contribution in [0.4, 0.5) is 4.79 Å². The summed E-state index contributed by atoms with van der Waals surface area (Å²) in [6.07, 6.45) is -2.45. The smallest absolute Gasteiger partial charge is 0.410 e. The van der Waals surface area contributed by atoms with Crippen molar-refractivity contribution in [3.05, 3.63) is 167 Å². The predicted octanol–water partition coefficient (Wildman–Crippen LogP) is 7.21. The fourth-order valence-electron chi connectivity index (χ4n) is 10.7. The molecule has 1 amide bonds. The highest BCUT2D eigenvalue weighted by Crippen LogP contribution is 2.63. The van der Waals surface area contributed by atoms with Crippen molar-refractivity contribution in [2.45, 2.75) is 94.9 Å². The van der Waals surface area contributed by atoms with Crippen LogP contribution in [0.1, 0.15) is 88.2 Å². The van der Waals surface area contributed by atoms with Gasteiger partial charge in [-0.25, -0.2) is 28.7 Å². The first-order chi connectivity index (χ1) is 35.3. The minimum absolute atomic E-state index is 0.0227. The van der Waals surface area contributed by atoms with E-state index in [1.165, 1.54) is 10.7 Å². The third kappa shape index (κ3) is 8.52. The van der Waals surface area contributed by atoms with Gasteiger partial charge in [0.25, 0.3) is 5.78 Å². The summed E-state index contributed by atoms with van der Waals surface area (Å²) in [6.45, 7) is 7.57. The van der Waals surface area contributed by atoms with Crippen molar-refractivity contribution in [3.63, 3.8) is 0 Å². The number of rotatable bonds is 11. The molecule has 2 aliphatic carbocycles. The van der Waals surface area contributed by atoms with Gasteiger partial charge < -0.3 is 42.8 Å². The number of hydrogen-bond donors (Lipinski definition) is 0. The summed E-state index contributed by atoms with van der Waals surface area (Å²) in [7, 11) is 0. The summed E-state index contributed by atoms with van der Waals surface area (Å²) in [5.74, 6) is -2.49. The maximum Gasteiger partial charge on any atom is 0.410 e. The molecule has 5 aliphatic rings. The van der Waals surface area contributed by atoms with Gasteiger partial charge in [-0.15, -0.1) is 5.10 Å². The minimum atomic E-state index is -1.66. The second-order valence-corrected chi connectivity index (χ2v) is 19.5. The number of amides is 1. The first kappa shape index (κ1) is 47.4. The van der Waals surface area contributed by atoms with Crippen LogP contribution in [0, 0.1) is 11.3 Å². The predicted molar refractivity (Wildman–Crippen MR) is 256 cm³/mol. The molecule has 1 spiro atoms. The Morgan fingerprint density at radius 2 is 1.40 bits per heavy atom. The molecule has 374 valence electrons. The summed E-state index contributed by atoms with van der Waals surface area (Å²) in [6, 6.07) is 29.5. The molecular weight excluding hydrogens is 939 g/mol. The van der Waals surface area contributed by atoms with Crippen LogP contribution in [0.3, 0.4) is 0 Å². The zero-order chi connectivity index (χ0) is 50.6. The van der Waals surface area contributed by atoms with E-state index in [9.17, 15) is 24.0 Å². The first-order valence-electron chi connectivity index (χ1n) is 24.3. The molecule has 6 aromatic rings. The van der Waals surface area contributed by atoms with Crippen LogP contribution in [-0.4, -0.2) is 110 Å². The van der Waals surface area contributed by atoms with Crippen LogP contribution in [0.25, 0.3) is 5.78 Å². The summed E-state index contributed by atoms with van der Waals surface area (Å²) in [5, 5.41) is 4.69. The van der Waals surface area contributed by atoms with Crippen molar-refractivity contribution in [2.75, 3.05) is 13.2 Å². The average molecular weight is 990 g/mol. The number of carbonyl (C=O) groups is 5. The van der Waals surface area contributed by atoms with Crippen molar-refractivity contribution in [2.24, 2.45) is 11.3 Å². The largest absolute Gasteiger partial charge is 0.482 e. The standard InChI is InChI=1S/C55H51N5O13/c1-5-66-53(65)59-29-26-55-35-23-25-38(45(55)69-40-37(68-51(64)54(2,3)4)24-22-34(39(40)55)30-36(35)59)67-50-44(72-49(63)33-20-13-8-14-21-33)42(71-48(62)32-18-11-7-12-19-32)41(70-47(61)31-16-9-6-10-17-31)43(73-50)46-57-52-56-27-15-28-60(52)58-46/h6-25,27-28,35-36,38,41-45,50H,5,26,29-30H2,1-4H3/t35?,36-,38?,41+,42?,43?,44+,45+,50-,55+/m1/s1. The van der Waals surface area contributed by atoms with E-state index in [4.69, 9.17) is 37.9 Å². The Bertz CT molecular complexity index is 3090. The zero-order valence-corrected chi connectivity index (χ0v) is 40.3. The monoisotopic (exact) mass is 989 g/mol. The van der Waals surface area contributed by atoms with Gasteiger partial charge >= 0.3 is 30.0 Å². The number of esters is 4. The molecule has 18 nitrogen and oxygen atoms in total. The normalized spacial score (nSPS) is 26.5. The molecule has 0 N–H and O–H groups in total. The van der Waals surface area contributed by atoms with E-state index in [0.29, 0.717) is 25.1 Å². The first-order valence-corrected chi connectivity index (χ1v) is 24.3. The van der Waals surface area contributed by atoms with E-state index in [1.807, 2.05) is 18.2 Å².